The number of carbonyl (C=O) groups excluding carboxylic acids is 2. The van der Waals surface area contributed by atoms with Gasteiger partial charge in [0, 0.05) is 10.4 Å². The van der Waals surface area contributed by atoms with E-state index in [0.29, 0.717) is 21.7 Å². The van der Waals surface area contributed by atoms with Gasteiger partial charge in [-0.1, -0.05) is 18.2 Å². The van der Waals surface area contributed by atoms with Gasteiger partial charge in [0.05, 0.1) is 19.2 Å². The third-order valence-electron chi connectivity index (χ3n) is 4.99. The molecule has 1 N–H and O–H groups in total. The van der Waals surface area contributed by atoms with Gasteiger partial charge in [-0.2, -0.15) is 0 Å². The number of rotatable bonds is 5. The monoisotopic (exact) mass is 487 g/mol. The molecule has 30 heavy (non-hydrogen) atoms. The van der Waals surface area contributed by atoms with Gasteiger partial charge in [-0.05, 0) is 58.1 Å². The van der Waals surface area contributed by atoms with Crippen molar-refractivity contribution >= 4 is 44.7 Å². The van der Waals surface area contributed by atoms with Crippen LogP contribution in [-0.2, 0) is 16.1 Å². The first-order valence-corrected chi connectivity index (χ1v) is 10.8. The Labute approximate surface area is 185 Å². The van der Waals surface area contributed by atoms with Crippen LogP contribution in [0.1, 0.15) is 27.8 Å². The Morgan fingerprint density at radius 1 is 1.27 bits per heavy atom. The minimum Gasteiger partial charge on any atom is -0.507 e. The highest BCUT2D eigenvalue weighted by atomic mass is 79.9. The van der Waals surface area contributed by atoms with Gasteiger partial charge in [0.2, 0.25) is 0 Å². The summed E-state index contributed by atoms with van der Waals surface area (Å²) in [5.41, 5.74) is 1.27. The molecule has 1 aliphatic rings. The zero-order valence-electron chi connectivity index (χ0n) is 16.2. The van der Waals surface area contributed by atoms with E-state index < -0.39 is 17.7 Å². The largest absolute Gasteiger partial charge is 0.507 e. The van der Waals surface area contributed by atoms with Crippen molar-refractivity contribution in [2.24, 2.45) is 0 Å². The Morgan fingerprint density at radius 3 is 2.70 bits per heavy atom. The summed E-state index contributed by atoms with van der Waals surface area (Å²) in [6.45, 7) is 2.11. The van der Waals surface area contributed by atoms with E-state index in [2.05, 4.69) is 15.9 Å². The topological polar surface area (TPSA) is 80.0 Å². The molecule has 2 aromatic heterocycles. The molecule has 0 saturated carbocycles. The third kappa shape index (κ3) is 3.57. The van der Waals surface area contributed by atoms with Crippen molar-refractivity contribution in [2.75, 3.05) is 7.11 Å². The molecule has 0 aliphatic carbocycles. The second-order valence-corrected chi connectivity index (χ2v) is 8.65. The third-order valence-corrected chi connectivity index (χ3v) is 6.28. The number of ketones is 1. The van der Waals surface area contributed by atoms with E-state index in [-0.39, 0.29) is 17.9 Å². The Morgan fingerprint density at radius 2 is 2.07 bits per heavy atom. The molecule has 1 aromatic carbocycles. The van der Waals surface area contributed by atoms with Crippen LogP contribution in [0.3, 0.4) is 0 Å². The number of thiophene rings is 1. The lowest BCUT2D eigenvalue weighted by molar-refractivity contribution is -0.140. The number of carbonyl (C=O) groups is 2. The second-order valence-electron chi connectivity index (χ2n) is 6.83. The maximum absolute atomic E-state index is 13.0. The number of aryl methyl sites for hydroxylation is 1. The van der Waals surface area contributed by atoms with Crippen molar-refractivity contribution in [2.45, 2.75) is 19.5 Å². The van der Waals surface area contributed by atoms with Crippen LogP contribution in [0.15, 0.2) is 62.5 Å². The summed E-state index contributed by atoms with van der Waals surface area (Å²) in [6, 6.07) is 11.4. The van der Waals surface area contributed by atoms with Gasteiger partial charge in [-0.15, -0.1) is 11.3 Å². The zero-order valence-corrected chi connectivity index (χ0v) is 18.6. The predicted molar refractivity (Wildman–Crippen MR) is 116 cm³/mol. The van der Waals surface area contributed by atoms with Crippen LogP contribution in [-0.4, -0.2) is 28.8 Å². The number of aliphatic hydroxyl groups is 1. The Kier molecular flexibility index (Phi) is 5.53. The summed E-state index contributed by atoms with van der Waals surface area (Å²) in [4.78, 5) is 28.2. The van der Waals surface area contributed by atoms with Gasteiger partial charge in [0.15, 0.2) is 4.67 Å². The van der Waals surface area contributed by atoms with Crippen molar-refractivity contribution in [1.82, 2.24) is 4.90 Å². The molecule has 0 spiro atoms. The van der Waals surface area contributed by atoms with Crippen molar-refractivity contribution in [3.05, 3.63) is 79.9 Å². The number of amides is 1. The average Bonchev–Trinajstić information content (AvgIpc) is 3.45. The summed E-state index contributed by atoms with van der Waals surface area (Å²) in [5, 5.41) is 13.0. The van der Waals surface area contributed by atoms with Crippen molar-refractivity contribution < 1.29 is 23.8 Å². The molecule has 0 bridgehead atoms. The highest BCUT2D eigenvalue weighted by Crippen LogP contribution is 2.42. The number of methoxy groups -OCH3 is 1. The van der Waals surface area contributed by atoms with Crippen molar-refractivity contribution in [3.63, 3.8) is 0 Å². The number of Topliss-reactive ketones (excluding diaryl/α,β-unsaturated/α-hetero) is 1. The number of hydrogen-bond donors (Lipinski definition) is 1. The molecule has 1 unspecified atom stereocenters. The van der Waals surface area contributed by atoms with Gasteiger partial charge < -0.3 is 19.2 Å². The highest BCUT2D eigenvalue weighted by Gasteiger charge is 2.47. The molecule has 1 aliphatic heterocycles. The number of furan rings is 1. The number of halogens is 1. The lowest BCUT2D eigenvalue weighted by Crippen LogP contribution is -2.28. The summed E-state index contributed by atoms with van der Waals surface area (Å²) in [7, 11) is 1.53. The fourth-order valence-electron chi connectivity index (χ4n) is 3.51. The van der Waals surface area contributed by atoms with Gasteiger partial charge in [-0.3, -0.25) is 9.59 Å². The Balaban J connectivity index is 1.86. The number of ether oxygens (including phenoxy) is 1. The van der Waals surface area contributed by atoms with Crippen molar-refractivity contribution in [3.8, 4) is 5.75 Å². The van der Waals surface area contributed by atoms with E-state index in [4.69, 9.17) is 9.15 Å². The molecule has 4 rings (SSSR count). The molecule has 1 saturated heterocycles. The molecule has 0 radical (unpaired) electrons. The van der Waals surface area contributed by atoms with Gasteiger partial charge in [-0.25, -0.2) is 0 Å². The lowest BCUT2D eigenvalue weighted by atomic mass is 9.98. The summed E-state index contributed by atoms with van der Waals surface area (Å²) >= 11 is 4.76. The minimum absolute atomic E-state index is 0.00990. The van der Waals surface area contributed by atoms with E-state index >= 15 is 0 Å². The Bertz CT molecular complexity index is 1150. The molecular weight excluding hydrogens is 470 g/mol. The number of likely N-dealkylation sites (tertiary alicyclic amines) is 1. The van der Waals surface area contributed by atoms with Gasteiger partial charge in [0.1, 0.15) is 23.3 Å². The molecule has 3 aromatic rings. The summed E-state index contributed by atoms with van der Waals surface area (Å²) in [5.74, 6) is -0.733. The molecule has 6 nitrogen and oxygen atoms in total. The zero-order chi connectivity index (χ0) is 21.4. The smallest absolute Gasteiger partial charge is 0.296 e. The first kappa shape index (κ1) is 20.4. The lowest BCUT2D eigenvalue weighted by Gasteiger charge is -2.22. The fraction of sp³-hybridized carbons (Fsp3) is 0.182. The van der Waals surface area contributed by atoms with E-state index in [0.717, 1.165) is 10.4 Å². The number of aliphatic hydroxyl groups excluding tert-OH is 1. The van der Waals surface area contributed by atoms with E-state index in [9.17, 15) is 14.7 Å². The Hall–Kier alpha value is -2.84. The van der Waals surface area contributed by atoms with Gasteiger partial charge >= 0.3 is 0 Å². The maximum Gasteiger partial charge on any atom is 0.296 e. The number of benzene rings is 1. The summed E-state index contributed by atoms with van der Waals surface area (Å²) in [6.07, 6.45) is 0. The van der Waals surface area contributed by atoms with E-state index in [1.807, 2.05) is 24.4 Å². The maximum atomic E-state index is 13.0. The molecule has 154 valence electrons. The van der Waals surface area contributed by atoms with Crippen LogP contribution in [0.25, 0.3) is 5.76 Å². The number of hydrogen-bond acceptors (Lipinski definition) is 6. The van der Waals surface area contributed by atoms with E-state index in [1.54, 1.807) is 30.3 Å². The standard InChI is InChI=1S/C22H18BrNO5S/c1-12-5-6-13(10-16(12)28-2)20(25)18-19(15-7-8-17(23)29-15)24(22(27)21(18)26)11-14-4-3-9-30-14/h3-10,19,25H,11H2,1-2H3/b20-18+. The molecule has 3 heterocycles. The quantitative estimate of drug-likeness (QED) is 0.309. The second kappa shape index (κ2) is 8.12. The first-order chi connectivity index (χ1) is 14.4. The normalized spacial score (nSPS) is 18.2. The first-order valence-electron chi connectivity index (χ1n) is 9.11. The highest BCUT2D eigenvalue weighted by molar-refractivity contribution is 9.10. The molecular formula is C22H18BrNO5S. The molecule has 8 heteroatoms. The average molecular weight is 488 g/mol. The van der Waals surface area contributed by atoms with Crippen molar-refractivity contribution in [1.29, 1.82) is 0 Å². The van der Waals surface area contributed by atoms with Gasteiger partial charge in [0.25, 0.3) is 11.7 Å². The molecule has 1 fully saturated rings. The van der Waals surface area contributed by atoms with Crippen LogP contribution in [0.2, 0.25) is 0 Å². The SMILES string of the molecule is COc1cc(/C(O)=C2\C(=O)C(=O)N(Cc3cccs3)C2c2ccc(Br)o2)ccc1C. The predicted octanol–water partition coefficient (Wildman–Crippen LogP) is 5.04. The van der Waals surface area contributed by atoms with E-state index in [1.165, 1.54) is 23.3 Å². The fourth-order valence-corrected chi connectivity index (χ4v) is 4.53. The van der Waals surface area contributed by atoms with Crippen LogP contribution in [0.5, 0.6) is 5.75 Å². The van der Waals surface area contributed by atoms with Crippen LogP contribution >= 0.6 is 27.3 Å². The van der Waals surface area contributed by atoms with Crippen LogP contribution in [0, 0.1) is 6.92 Å². The van der Waals surface area contributed by atoms with Crippen LogP contribution in [0.4, 0.5) is 0 Å². The number of nitrogens with zero attached hydrogens (tertiary/aromatic N) is 1. The minimum atomic E-state index is -0.842. The molecule has 1 atom stereocenters. The summed E-state index contributed by atoms with van der Waals surface area (Å²) < 4.78 is 11.5. The van der Waals surface area contributed by atoms with Crippen LogP contribution < -0.4 is 4.74 Å². The molecule has 1 amide bonds.